The summed E-state index contributed by atoms with van der Waals surface area (Å²) < 4.78 is 54.5. The molecule has 2 heterocycles. The summed E-state index contributed by atoms with van der Waals surface area (Å²) >= 11 is 2.76. The van der Waals surface area contributed by atoms with Crippen LogP contribution in [-0.2, 0) is 0 Å². The maximum absolute atomic E-state index is 13.7. The standard InChI is InChI=1S/C26H30F4N6OS2/c1-7-21-22(17(3)32-20(14-27)10-12-36(5)15-38-6)13-19(33-23(21)16(2)26(28,29)30)9-8-11-31-24(37)25-35-34-18(4)39-25/h7-9,13-14,32H,1-3,10-12,15H2,4-6H3,(H,31,37)/b9-8+,20-14-. The first-order chi connectivity index (χ1) is 18.4. The topological polar surface area (TPSA) is 83.0 Å². The van der Waals surface area contributed by atoms with Crippen molar-refractivity contribution in [2.24, 2.45) is 0 Å². The van der Waals surface area contributed by atoms with Crippen molar-refractivity contribution in [1.29, 1.82) is 0 Å². The highest BCUT2D eigenvalue weighted by molar-refractivity contribution is 7.98. The number of thioether (sulfide) groups is 1. The van der Waals surface area contributed by atoms with Crippen LogP contribution in [0.15, 0.2) is 43.9 Å². The van der Waals surface area contributed by atoms with Crippen LogP contribution in [0, 0.1) is 6.92 Å². The summed E-state index contributed by atoms with van der Waals surface area (Å²) in [6.07, 6.45) is 2.13. The smallest absolute Gasteiger partial charge is 0.357 e. The van der Waals surface area contributed by atoms with E-state index in [1.165, 1.54) is 24.3 Å². The monoisotopic (exact) mass is 582 g/mol. The maximum atomic E-state index is 13.7. The van der Waals surface area contributed by atoms with Gasteiger partial charge in [0.25, 0.3) is 5.91 Å². The molecule has 0 atom stereocenters. The lowest BCUT2D eigenvalue weighted by molar-refractivity contribution is -0.0689. The van der Waals surface area contributed by atoms with E-state index < -0.39 is 23.4 Å². The number of pyridine rings is 1. The normalized spacial score (nSPS) is 12.2. The van der Waals surface area contributed by atoms with Gasteiger partial charge in [0.15, 0.2) is 0 Å². The molecule has 0 fully saturated rings. The number of rotatable bonds is 14. The molecule has 2 aromatic heterocycles. The number of carbonyl (C=O) groups excluding carboxylic acids is 1. The van der Waals surface area contributed by atoms with Crippen LogP contribution < -0.4 is 10.6 Å². The molecule has 0 saturated carbocycles. The third-order valence-electron chi connectivity index (χ3n) is 5.18. The highest BCUT2D eigenvalue weighted by atomic mass is 32.2. The van der Waals surface area contributed by atoms with Gasteiger partial charge in [-0.15, -0.1) is 22.0 Å². The molecule has 39 heavy (non-hydrogen) atoms. The summed E-state index contributed by atoms with van der Waals surface area (Å²) in [7, 11) is 1.89. The maximum Gasteiger partial charge on any atom is 0.417 e. The first kappa shape index (κ1) is 31.9. The van der Waals surface area contributed by atoms with Gasteiger partial charge in [0.05, 0.1) is 17.0 Å². The number of aromatic nitrogens is 3. The molecule has 2 N–H and O–H groups in total. The Hall–Kier alpha value is -3.29. The molecule has 210 valence electrons. The quantitative estimate of drug-likeness (QED) is 0.212. The van der Waals surface area contributed by atoms with Gasteiger partial charge >= 0.3 is 6.18 Å². The van der Waals surface area contributed by atoms with Crippen LogP contribution in [0.2, 0.25) is 0 Å². The van der Waals surface area contributed by atoms with E-state index >= 15 is 0 Å². The Kier molecular flexibility index (Phi) is 12.1. The van der Waals surface area contributed by atoms with Crippen LogP contribution in [0.3, 0.4) is 0 Å². The molecule has 0 unspecified atom stereocenters. The minimum Gasteiger partial charge on any atom is -0.357 e. The van der Waals surface area contributed by atoms with E-state index in [1.807, 2.05) is 18.2 Å². The Balaban J connectivity index is 2.34. The molecule has 0 aliphatic rings. The minimum absolute atomic E-state index is 0.0460. The number of carbonyl (C=O) groups is 1. The molecule has 7 nitrogen and oxygen atoms in total. The van der Waals surface area contributed by atoms with E-state index in [9.17, 15) is 22.4 Å². The number of allylic oxidation sites excluding steroid dienone is 1. The predicted molar refractivity (Wildman–Crippen MR) is 152 cm³/mol. The van der Waals surface area contributed by atoms with Crippen LogP contribution >= 0.6 is 23.1 Å². The SMILES string of the molecule is C=Cc1c(C(=C)N/C(=C\F)CCN(C)CSC)cc(/C=C/CNC(=O)c2nnc(C)s2)nc1C(=C)C(F)(F)F. The van der Waals surface area contributed by atoms with Crippen LogP contribution in [-0.4, -0.2) is 64.4 Å². The van der Waals surface area contributed by atoms with Gasteiger partial charge in [-0.05, 0) is 32.4 Å². The van der Waals surface area contributed by atoms with Gasteiger partial charge in [0.2, 0.25) is 5.01 Å². The number of nitrogens with zero attached hydrogens (tertiary/aromatic N) is 4. The van der Waals surface area contributed by atoms with Crippen LogP contribution in [0.4, 0.5) is 17.6 Å². The van der Waals surface area contributed by atoms with Crippen molar-refractivity contribution in [2.45, 2.75) is 19.5 Å². The van der Waals surface area contributed by atoms with Gasteiger partial charge in [-0.1, -0.05) is 43.2 Å². The molecule has 0 spiro atoms. The van der Waals surface area contributed by atoms with Gasteiger partial charge in [-0.2, -0.15) is 13.2 Å². The number of hydrogen-bond donors (Lipinski definition) is 2. The molecule has 2 rings (SSSR count). The highest BCUT2D eigenvalue weighted by Gasteiger charge is 2.35. The largest absolute Gasteiger partial charge is 0.417 e. The van der Waals surface area contributed by atoms with Gasteiger partial charge in [-0.25, -0.2) is 9.37 Å². The number of amides is 1. The Morgan fingerprint density at radius 2 is 2.00 bits per heavy atom. The molecule has 0 aromatic carbocycles. The predicted octanol–water partition coefficient (Wildman–Crippen LogP) is 5.92. The van der Waals surface area contributed by atoms with Crippen molar-refractivity contribution in [3.8, 4) is 0 Å². The van der Waals surface area contributed by atoms with E-state index in [0.29, 0.717) is 24.3 Å². The average Bonchev–Trinajstić information content (AvgIpc) is 3.33. The molecular weight excluding hydrogens is 552 g/mol. The molecule has 0 radical (unpaired) electrons. The first-order valence-electron chi connectivity index (χ1n) is 11.5. The number of hydrogen-bond acceptors (Lipinski definition) is 8. The third-order valence-corrected chi connectivity index (χ3v) is 6.72. The summed E-state index contributed by atoms with van der Waals surface area (Å²) in [5, 5.41) is 13.9. The minimum atomic E-state index is -4.75. The summed E-state index contributed by atoms with van der Waals surface area (Å²) in [6, 6.07) is 1.50. The highest BCUT2D eigenvalue weighted by Crippen LogP contribution is 2.36. The van der Waals surface area contributed by atoms with E-state index in [1.54, 1.807) is 18.7 Å². The summed E-state index contributed by atoms with van der Waals surface area (Å²) in [4.78, 5) is 18.3. The van der Waals surface area contributed by atoms with Crippen LogP contribution in [0.5, 0.6) is 0 Å². The fraction of sp³-hybridized carbons (Fsp3) is 0.308. The Bertz CT molecular complexity index is 1270. The second-order valence-corrected chi connectivity index (χ2v) is 10.3. The number of halogens is 4. The average molecular weight is 583 g/mol. The zero-order valence-electron chi connectivity index (χ0n) is 21.9. The lowest BCUT2D eigenvalue weighted by Gasteiger charge is -2.20. The van der Waals surface area contributed by atoms with E-state index in [4.69, 9.17) is 0 Å². The fourth-order valence-electron chi connectivity index (χ4n) is 3.28. The molecule has 13 heteroatoms. The third kappa shape index (κ3) is 9.44. The lowest BCUT2D eigenvalue weighted by Crippen LogP contribution is -2.23. The number of aryl methyl sites for hydroxylation is 1. The van der Waals surface area contributed by atoms with Crippen molar-refractivity contribution in [3.63, 3.8) is 0 Å². The van der Waals surface area contributed by atoms with Gasteiger partial charge < -0.3 is 10.6 Å². The molecule has 0 aliphatic carbocycles. The first-order valence-corrected chi connectivity index (χ1v) is 13.7. The van der Waals surface area contributed by atoms with Gasteiger partial charge in [0.1, 0.15) is 11.3 Å². The second-order valence-electron chi connectivity index (χ2n) is 8.26. The summed E-state index contributed by atoms with van der Waals surface area (Å²) in [5.74, 6) is 0.323. The van der Waals surface area contributed by atoms with E-state index in [0.717, 1.165) is 17.2 Å². The second kappa shape index (κ2) is 14.8. The van der Waals surface area contributed by atoms with Crippen molar-refractivity contribution in [2.75, 3.05) is 32.3 Å². The molecular formula is C26H30F4N6OS2. The fourth-order valence-corrected chi connectivity index (χ4v) is 4.46. The van der Waals surface area contributed by atoms with E-state index in [2.05, 4.69) is 45.6 Å². The Labute approximate surface area is 233 Å². The van der Waals surface area contributed by atoms with Crippen molar-refractivity contribution < 1.29 is 22.4 Å². The summed E-state index contributed by atoms with van der Waals surface area (Å²) in [6.45, 7) is 13.1. The van der Waals surface area contributed by atoms with Crippen molar-refractivity contribution >= 4 is 52.4 Å². The molecule has 0 bridgehead atoms. The zero-order chi connectivity index (χ0) is 29.2. The Morgan fingerprint density at radius 1 is 1.28 bits per heavy atom. The number of alkyl halides is 3. The molecule has 1 amide bonds. The molecule has 0 saturated heterocycles. The summed E-state index contributed by atoms with van der Waals surface area (Å²) in [5.41, 5.74) is -0.796. The van der Waals surface area contributed by atoms with Crippen LogP contribution in [0.1, 0.15) is 43.7 Å². The lowest BCUT2D eigenvalue weighted by atomic mass is 9.98. The van der Waals surface area contributed by atoms with Crippen molar-refractivity contribution in [3.05, 3.63) is 76.4 Å². The Morgan fingerprint density at radius 3 is 2.56 bits per heavy atom. The van der Waals surface area contributed by atoms with Crippen molar-refractivity contribution in [1.82, 2.24) is 30.7 Å². The molecule has 0 aliphatic heterocycles. The molecule has 2 aromatic rings. The van der Waals surface area contributed by atoms with Crippen LogP contribution in [0.25, 0.3) is 23.4 Å². The van der Waals surface area contributed by atoms with Gasteiger partial charge in [-0.3, -0.25) is 9.69 Å². The number of nitrogens with one attached hydrogen (secondary N) is 2. The van der Waals surface area contributed by atoms with E-state index in [-0.39, 0.29) is 39.8 Å². The zero-order valence-corrected chi connectivity index (χ0v) is 23.5. The van der Waals surface area contributed by atoms with Gasteiger partial charge in [0, 0.05) is 47.9 Å².